The van der Waals surface area contributed by atoms with Gasteiger partial charge in [0.2, 0.25) is 0 Å². The molecule has 0 atom stereocenters. The summed E-state index contributed by atoms with van der Waals surface area (Å²) in [4.78, 5) is 12.2. The summed E-state index contributed by atoms with van der Waals surface area (Å²) in [5, 5.41) is 8.44. The molecule has 0 saturated carbocycles. The van der Waals surface area contributed by atoms with Gasteiger partial charge in [0.05, 0.1) is 25.0 Å². The third kappa shape index (κ3) is 1.22. The van der Waals surface area contributed by atoms with Crippen LogP contribution in [0, 0.1) is 11.3 Å². The first-order chi connectivity index (χ1) is 6.31. The summed E-state index contributed by atoms with van der Waals surface area (Å²) in [6.45, 7) is 0. The maximum absolute atomic E-state index is 8.44. The first-order valence-corrected chi connectivity index (χ1v) is 3.81. The molecule has 2 aromatic rings. The topological polar surface area (TPSA) is 67.4 Å². The molecule has 0 amide bonds. The highest BCUT2D eigenvalue weighted by Gasteiger charge is 2.02. The number of aromatic nitrogens is 4. The monoisotopic (exact) mass is 173 g/mol. The Hall–Kier alpha value is -1.96. The average molecular weight is 173 g/mol. The zero-order valence-corrected chi connectivity index (χ0v) is 7.10. The van der Waals surface area contributed by atoms with Gasteiger partial charge in [0.15, 0.2) is 5.65 Å². The minimum absolute atomic E-state index is 0.229. The molecule has 0 aliphatic carbocycles. The molecular formula is C8H7N5. The van der Waals surface area contributed by atoms with Crippen LogP contribution in [0.4, 0.5) is 0 Å². The van der Waals surface area contributed by atoms with Crippen LogP contribution >= 0.6 is 0 Å². The van der Waals surface area contributed by atoms with Crippen molar-refractivity contribution in [3.05, 3.63) is 18.3 Å². The van der Waals surface area contributed by atoms with E-state index in [0.717, 1.165) is 5.52 Å². The van der Waals surface area contributed by atoms with Crippen LogP contribution in [-0.2, 0) is 13.5 Å². The first-order valence-electron chi connectivity index (χ1n) is 3.81. The SMILES string of the molecule is Cn1cnc2nc(CC#N)ncc21. The number of aryl methyl sites for hydroxylation is 1. The maximum Gasteiger partial charge on any atom is 0.181 e. The Morgan fingerprint density at radius 3 is 3.15 bits per heavy atom. The summed E-state index contributed by atoms with van der Waals surface area (Å²) in [5.41, 5.74) is 1.52. The summed E-state index contributed by atoms with van der Waals surface area (Å²) in [6, 6.07) is 2.00. The minimum atomic E-state index is 0.229. The zero-order valence-electron chi connectivity index (χ0n) is 7.10. The van der Waals surface area contributed by atoms with Crippen molar-refractivity contribution in [3.63, 3.8) is 0 Å². The van der Waals surface area contributed by atoms with Crippen molar-refractivity contribution in [2.24, 2.45) is 7.05 Å². The quantitative estimate of drug-likeness (QED) is 0.627. The average Bonchev–Trinajstić information content (AvgIpc) is 2.48. The minimum Gasteiger partial charge on any atom is -0.331 e. The number of nitrogens with zero attached hydrogens (tertiary/aromatic N) is 5. The van der Waals surface area contributed by atoms with Gasteiger partial charge in [0.1, 0.15) is 11.3 Å². The van der Waals surface area contributed by atoms with Gasteiger partial charge in [-0.2, -0.15) is 5.26 Å². The van der Waals surface area contributed by atoms with E-state index in [0.29, 0.717) is 11.5 Å². The third-order valence-corrected chi connectivity index (χ3v) is 1.77. The first kappa shape index (κ1) is 7.68. The van der Waals surface area contributed by atoms with E-state index >= 15 is 0 Å². The van der Waals surface area contributed by atoms with E-state index in [9.17, 15) is 0 Å². The lowest BCUT2D eigenvalue weighted by atomic mass is 10.4. The lowest BCUT2D eigenvalue weighted by Crippen LogP contribution is -1.94. The molecule has 0 bridgehead atoms. The Labute approximate surface area is 74.7 Å². The van der Waals surface area contributed by atoms with Crippen molar-refractivity contribution < 1.29 is 0 Å². The van der Waals surface area contributed by atoms with E-state index in [2.05, 4.69) is 15.0 Å². The number of fused-ring (bicyclic) bond motifs is 1. The lowest BCUT2D eigenvalue weighted by Gasteiger charge is -1.94. The zero-order chi connectivity index (χ0) is 9.26. The van der Waals surface area contributed by atoms with Crippen LogP contribution < -0.4 is 0 Å². The molecule has 13 heavy (non-hydrogen) atoms. The molecule has 0 radical (unpaired) electrons. The molecule has 2 heterocycles. The molecular weight excluding hydrogens is 166 g/mol. The fourth-order valence-corrected chi connectivity index (χ4v) is 1.10. The molecule has 0 saturated heterocycles. The molecule has 0 aliphatic heterocycles. The Bertz CT molecular complexity index is 479. The fraction of sp³-hybridized carbons (Fsp3) is 0.250. The van der Waals surface area contributed by atoms with Crippen LogP contribution in [0.25, 0.3) is 11.2 Å². The largest absolute Gasteiger partial charge is 0.331 e. The van der Waals surface area contributed by atoms with Crippen molar-refractivity contribution in [2.75, 3.05) is 0 Å². The number of nitriles is 1. The van der Waals surface area contributed by atoms with Crippen molar-refractivity contribution >= 4 is 11.2 Å². The summed E-state index contributed by atoms with van der Waals surface area (Å²) in [7, 11) is 1.88. The van der Waals surface area contributed by atoms with Gasteiger partial charge < -0.3 is 4.57 Å². The Morgan fingerprint density at radius 2 is 2.38 bits per heavy atom. The van der Waals surface area contributed by atoms with Gasteiger partial charge in [-0.1, -0.05) is 0 Å². The molecule has 0 aliphatic rings. The highest BCUT2D eigenvalue weighted by molar-refractivity contribution is 5.69. The van der Waals surface area contributed by atoms with Gasteiger partial charge in [-0.3, -0.25) is 0 Å². The molecule has 0 spiro atoms. The van der Waals surface area contributed by atoms with Gasteiger partial charge in [-0.05, 0) is 0 Å². The van der Waals surface area contributed by atoms with E-state index < -0.39 is 0 Å². The van der Waals surface area contributed by atoms with Crippen molar-refractivity contribution in [3.8, 4) is 6.07 Å². The molecule has 0 unspecified atom stereocenters. The molecule has 5 heteroatoms. The number of hydrogen-bond acceptors (Lipinski definition) is 4. The second-order valence-electron chi connectivity index (χ2n) is 2.69. The van der Waals surface area contributed by atoms with Gasteiger partial charge >= 0.3 is 0 Å². The fourth-order valence-electron chi connectivity index (χ4n) is 1.10. The summed E-state index contributed by atoms with van der Waals surface area (Å²) < 4.78 is 1.84. The van der Waals surface area contributed by atoms with Gasteiger partial charge in [-0.25, -0.2) is 15.0 Å². The van der Waals surface area contributed by atoms with Crippen LogP contribution in [-0.4, -0.2) is 19.5 Å². The maximum atomic E-state index is 8.44. The van der Waals surface area contributed by atoms with Crippen molar-refractivity contribution in [1.82, 2.24) is 19.5 Å². The number of hydrogen-bond donors (Lipinski definition) is 0. The van der Waals surface area contributed by atoms with Crippen molar-refractivity contribution in [1.29, 1.82) is 5.26 Å². The van der Waals surface area contributed by atoms with E-state index in [1.54, 1.807) is 12.5 Å². The smallest absolute Gasteiger partial charge is 0.181 e. The molecule has 0 aromatic carbocycles. The molecule has 2 rings (SSSR count). The summed E-state index contributed by atoms with van der Waals surface area (Å²) in [6.07, 6.45) is 3.59. The van der Waals surface area contributed by atoms with E-state index in [-0.39, 0.29) is 6.42 Å². The Morgan fingerprint density at radius 1 is 1.54 bits per heavy atom. The van der Waals surface area contributed by atoms with E-state index in [1.165, 1.54) is 0 Å². The van der Waals surface area contributed by atoms with Crippen LogP contribution in [0.15, 0.2) is 12.5 Å². The molecule has 64 valence electrons. The highest BCUT2D eigenvalue weighted by atomic mass is 15.1. The Kier molecular flexibility index (Phi) is 1.67. The highest BCUT2D eigenvalue weighted by Crippen LogP contribution is 2.06. The second kappa shape index (κ2) is 2.83. The van der Waals surface area contributed by atoms with E-state index in [4.69, 9.17) is 5.26 Å². The standard InChI is InChI=1S/C8H7N5/c1-13-5-11-8-6(13)4-10-7(12-8)2-3-9/h4-5H,2H2,1H3. The van der Waals surface area contributed by atoms with Gasteiger partial charge in [-0.15, -0.1) is 0 Å². The summed E-state index contributed by atoms with van der Waals surface area (Å²) in [5.74, 6) is 0.522. The van der Waals surface area contributed by atoms with Gasteiger partial charge in [0, 0.05) is 7.05 Å². The third-order valence-electron chi connectivity index (χ3n) is 1.77. The number of imidazole rings is 1. The predicted octanol–water partition coefficient (Wildman–Crippen LogP) is 0.429. The van der Waals surface area contributed by atoms with E-state index in [1.807, 2.05) is 17.7 Å². The Balaban J connectivity index is 2.58. The van der Waals surface area contributed by atoms with Crippen LogP contribution in [0.5, 0.6) is 0 Å². The van der Waals surface area contributed by atoms with Crippen LogP contribution in [0.2, 0.25) is 0 Å². The molecule has 0 N–H and O–H groups in total. The van der Waals surface area contributed by atoms with Crippen LogP contribution in [0.1, 0.15) is 5.82 Å². The summed E-state index contributed by atoms with van der Waals surface area (Å²) >= 11 is 0. The predicted molar refractivity (Wildman–Crippen MR) is 45.6 cm³/mol. The normalized spacial score (nSPS) is 10.2. The van der Waals surface area contributed by atoms with Crippen molar-refractivity contribution in [2.45, 2.75) is 6.42 Å². The molecule has 2 aromatic heterocycles. The molecule has 0 fully saturated rings. The van der Waals surface area contributed by atoms with Gasteiger partial charge in [0.25, 0.3) is 0 Å². The van der Waals surface area contributed by atoms with Crippen LogP contribution in [0.3, 0.4) is 0 Å². The number of rotatable bonds is 1. The molecule has 5 nitrogen and oxygen atoms in total. The second-order valence-corrected chi connectivity index (χ2v) is 2.69. The lowest BCUT2D eigenvalue weighted by molar-refractivity contribution is 0.940.